The number of nitrogens with one attached hydrogen (secondary N) is 3. The molecule has 1 atom stereocenters. The van der Waals surface area contributed by atoms with Crippen LogP contribution < -0.4 is 16.0 Å². The van der Waals surface area contributed by atoms with E-state index < -0.39 is 54.6 Å². The molecule has 0 fully saturated rings. The Hall–Kier alpha value is -5.75. The number of phenolic OH excluding ortho intramolecular Hbond substituents is 3. The first-order chi connectivity index (χ1) is 25.0. The van der Waals surface area contributed by atoms with Crippen LogP contribution in [0.4, 0.5) is 0 Å². The number of hydrogen-bond donors (Lipinski definition) is 8. The van der Waals surface area contributed by atoms with Crippen molar-refractivity contribution in [3.05, 3.63) is 102 Å². The largest absolute Gasteiger partial charge is 0.508 e. The number of hydrogen-bond acceptors (Lipinski definition) is 10. The van der Waals surface area contributed by atoms with Crippen molar-refractivity contribution >= 4 is 59.5 Å². The van der Waals surface area contributed by atoms with Gasteiger partial charge >= 0.3 is 0 Å². The van der Waals surface area contributed by atoms with E-state index >= 15 is 0 Å². The summed E-state index contributed by atoms with van der Waals surface area (Å²) >= 11 is 0. The Balaban J connectivity index is 1.25. The predicted molar refractivity (Wildman–Crippen MR) is 193 cm³/mol. The Bertz CT molecular complexity index is 2430. The number of carbonyl (C=O) groups is 3. The first-order valence-corrected chi connectivity index (χ1v) is 19.0. The summed E-state index contributed by atoms with van der Waals surface area (Å²) in [7, 11) is -9.05. The van der Waals surface area contributed by atoms with Crippen molar-refractivity contribution in [2.24, 2.45) is 0 Å². The van der Waals surface area contributed by atoms with Crippen LogP contribution in [0.25, 0.3) is 21.5 Å². The normalized spacial score (nSPS) is 12.3. The van der Waals surface area contributed by atoms with Crippen LogP contribution in [0.5, 0.6) is 17.2 Å². The summed E-state index contributed by atoms with van der Waals surface area (Å²) in [6, 6.07) is 17.7. The Labute approximate surface area is 303 Å². The molecule has 17 heteroatoms. The maximum atomic E-state index is 13.4. The average molecular weight is 766 g/mol. The van der Waals surface area contributed by atoms with Gasteiger partial charge in [-0.15, -0.1) is 0 Å². The fourth-order valence-electron chi connectivity index (χ4n) is 5.60. The maximum absolute atomic E-state index is 13.4. The van der Waals surface area contributed by atoms with Crippen LogP contribution in [0, 0.1) is 0 Å². The number of fused-ring (bicyclic) bond motifs is 2. The van der Waals surface area contributed by atoms with Gasteiger partial charge < -0.3 is 31.3 Å². The van der Waals surface area contributed by atoms with Crippen LogP contribution in [0.3, 0.4) is 0 Å². The highest BCUT2D eigenvalue weighted by Gasteiger charge is 2.24. The van der Waals surface area contributed by atoms with Crippen molar-refractivity contribution in [3.8, 4) is 17.2 Å². The smallest absolute Gasteiger partial charge is 0.294 e. The lowest BCUT2D eigenvalue weighted by atomic mass is 10.0. The minimum atomic E-state index is -4.55. The molecule has 0 aromatic heterocycles. The van der Waals surface area contributed by atoms with Gasteiger partial charge in [-0.25, -0.2) is 0 Å². The zero-order valence-corrected chi connectivity index (χ0v) is 29.4. The lowest BCUT2D eigenvalue weighted by Crippen LogP contribution is -2.47. The third kappa shape index (κ3) is 9.78. The molecule has 0 heterocycles. The summed E-state index contributed by atoms with van der Waals surface area (Å²) in [5.41, 5.74) is 0.446. The van der Waals surface area contributed by atoms with Crippen LogP contribution in [0.1, 0.15) is 45.5 Å². The molecule has 278 valence electrons. The number of benzene rings is 5. The first kappa shape index (κ1) is 38.5. The van der Waals surface area contributed by atoms with Crippen LogP contribution in [-0.4, -0.2) is 78.1 Å². The predicted octanol–water partition coefficient (Wildman–Crippen LogP) is 3.66. The summed E-state index contributed by atoms with van der Waals surface area (Å²) in [6.07, 6.45) is 1.13. The van der Waals surface area contributed by atoms with Crippen molar-refractivity contribution in [2.75, 3.05) is 13.1 Å². The van der Waals surface area contributed by atoms with Crippen molar-refractivity contribution in [1.82, 2.24) is 16.0 Å². The number of aromatic hydroxyl groups is 3. The second-order valence-corrected chi connectivity index (χ2v) is 15.0. The monoisotopic (exact) mass is 765 g/mol. The SMILES string of the molecule is O=C(NCCCCC(NC(=O)c1cc2cc(S(=O)(=O)O)ccc2cc1O)C(=O)NCCc1ccc(O)cc1)c1cc2cc(S(=O)(=O)O)ccc2cc1O. The molecule has 0 saturated heterocycles. The lowest BCUT2D eigenvalue weighted by molar-refractivity contribution is -0.123. The Morgan fingerprint density at radius 2 is 1.11 bits per heavy atom. The summed E-state index contributed by atoms with van der Waals surface area (Å²) in [4.78, 5) is 38.8. The van der Waals surface area contributed by atoms with Crippen LogP contribution in [0.15, 0.2) is 94.7 Å². The molecule has 3 amide bonds. The molecule has 8 N–H and O–H groups in total. The second-order valence-electron chi connectivity index (χ2n) is 12.2. The quantitative estimate of drug-likeness (QED) is 0.0595. The molecule has 5 aromatic rings. The number of amides is 3. The van der Waals surface area contributed by atoms with E-state index in [0.717, 1.165) is 23.8 Å². The van der Waals surface area contributed by atoms with E-state index in [1.165, 1.54) is 54.6 Å². The van der Waals surface area contributed by atoms with Gasteiger partial charge in [0.2, 0.25) is 5.91 Å². The van der Waals surface area contributed by atoms with E-state index in [1.54, 1.807) is 12.1 Å². The van der Waals surface area contributed by atoms with Gasteiger partial charge in [0, 0.05) is 13.1 Å². The fraction of sp³-hybridized carbons (Fsp3) is 0.194. The van der Waals surface area contributed by atoms with Gasteiger partial charge in [-0.2, -0.15) is 16.8 Å². The molecule has 15 nitrogen and oxygen atoms in total. The van der Waals surface area contributed by atoms with Crippen LogP contribution >= 0.6 is 0 Å². The molecule has 0 saturated carbocycles. The zero-order valence-electron chi connectivity index (χ0n) is 27.8. The number of carbonyl (C=O) groups excluding carboxylic acids is 3. The van der Waals surface area contributed by atoms with Gasteiger partial charge in [-0.3, -0.25) is 23.5 Å². The zero-order chi connectivity index (χ0) is 38.5. The molecule has 53 heavy (non-hydrogen) atoms. The summed E-state index contributed by atoms with van der Waals surface area (Å²) in [5.74, 6) is -2.74. The van der Waals surface area contributed by atoms with Crippen molar-refractivity contribution in [3.63, 3.8) is 0 Å². The highest BCUT2D eigenvalue weighted by molar-refractivity contribution is 7.86. The Morgan fingerprint density at radius 1 is 0.585 bits per heavy atom. The van der Waals surface area contributed by atoms with E-state index in [2.05, 4.69) is 16.0 Å². The molecule has 0 spiro atoms. The third-order valence-electron chi connectivity index (χ3n) is 8.41. The standard InChI is InChI=1S/C36H35N3O12S2/c40-26-8-4-21(5-9-26)12-14-38-36(45)31(39-35(44)30-18-25-16-28(53(49,50)51)11-7-23(25)20-33(30)42)3-1-2-13-37-34(43)29-17-24-15-27(52(46,47)48)10-6-22(24)19-32(29)41/h4-11,15-20,31,40-42H,1-3,12-14H2,(H,37,43)(H,38,45)(H,39,44)(H,46,47,48)(H,49,50,51). The molecule has 0 aliphatic rings. The molecular formula is C36H35N3O12S2. The summed E-state index contributed by atoms with van der Waals surface area (Å²) in [6.45, 7) is 0.277. The van der Waals surface area contributed by atoms with Gasteiger partial charge in [-0.05, 0) is 113 Å². The molecule has 0 radical (unpaired) electrons. The molecule has 0 bridgehead atoms. The minimum absolute atomic E-state index is 0.0891. The van der Waals surface area contributed by atoms with E-state index in [0.29, 0.717) is 30.0 Å². The molecule has 5 rings (SSSR count). The van der Waals surface area contributed by atoms with Crippen molar-refractivity contribution in [2.45, 2.75) is 41.5 Å². The average Bonchev–Trinajstić information content (AvgIpc) is 3.09. The molecule has 0 aliphatic carbocycles. The van der Waals surface area contributed by atoms with E-state index in [-0.39, 0.29) is 57.8 Å². The Morgan fingerprint density at radius 3 is 1.64 bits per heavy atom. The van der Waals surface area contributed by atoms with E-state index in [4.69, 9.17) is 0 Å². The molecule has 0 aliphatic heterocycles. The third-order valence-corrected chi connectivity index (χ3v) is 10.1. The van der Waals surface area contributed by atoms with Crippen molar-refractivity contribution < 1.29 is 55.6 Å². The number of phenols is 3. The summed E-state index contributed by atoms with van der Waals surface area (Å²) in [5, 5.41) is 39.9. The van der Waals surface area contributed by atoms with E-state index in [9.17, 15) is 55.6 Å². The van der Waals surface area contributed by atoms with Gasteiger partial charge in [0.15, 0.2) is 0 Å². The van der Waals surface area contributed by atoms with Crippen molar-refractivity contribution in [1.29, 1.82) is 0 Å². The highest BCUT2D eigenvalue weighted by atomic mass is 32.2. The molecule has 1 unspecified atom stereocenters. The number of unbranched alkanes of at least 4 members (excludes halogenated alkanes) is 1. The van der Waals surface area contributed by atoms with Crippen LogP contribution in [0.2, 0.25) is 0 Å². The van der Waals surface area contributed by atoms with Gasteiger partial charge in [-0.1, -0.05) is 24.3 Å². The second kappa shape index (κ2) is 15.9. The fourth-order valence-corrected chi connectivity index (χ4v) is 6.64. The summed E-state index contributed by atoms with van der Waals surface area (Å²) < 4.78 is 65.2. The van der Waals surface area contributed by atoms with Gasteiger partial charge in [0.25, 0.3) is 32.1 Å². The van der Waals surface area contributed by atoms with Crippen LogP contribution in [-0.2, 0) is 31.5 Å². The van der Waals surface area contributed by atoms with Gasteiger partial charge in [0.1, 0.15) is 23.3 Å². The first-order valence-electron chi connectivity index (χ1n) is 16.1. The lowest BCUT2D eigenvalue weighted by Gasteiger charge is -2.19. The Kier molecular flexibility index (Phi) is 11.5. The van der Waals surface area contributed by atoms with E-state index in [1.807, 2.05) is 0 Å². The van der Waals surface area contributed by atoms with Gasteiger partial charge in [0.05, 0.1) is 20.9 Å². The maximum Gasteiger partial charge on any atom is 0.294 e. The highest BCUT2D eigenvalue weighted by Crippen LogP contribution is 2.29. The molecule has 5 aromatic carbocycles. The number of rotatable bonds is 14. The topological polar surface area (TPSA) is 257 Å². The minimum Gasteiger partial charge on any atom is -0.508 e. The molecular weight excluding hydrogens is 731 g/mol.